The Kier molecular flexibility index (Phi) is 4.37. The zero-order valence-electron chi connectivity index (χ0n) is 13.1. The predicted octanol–water partition coefficient (Wildman–Crippen LogP) is 4.93. The first kappa shape index (κ1) is 16.0. The molecule has 2 aromatic carbocycles. The fourth-order valence-electron chi connectivity index (χ4n) is 2.58. The van der Waals surface area contributed by atoms with Gasteiger partial charge in [0.05, 0.1) is 4.90 Å². The van der Waals surface area contributed by atoms with Gasteiger partial charge in [-0.2, -0.15) is 0 Å². The minimum atomic E-state index is -3.50. The lowest BCUT2D eigenvalue weighted by molar-refractivity contribution is 0.589. The van der Waals surface area contributed by atoms with Crippen LogP contribution < -0.4 is 0 Å². The standard InChI is InChI=1S/C19H18O2S2/c1-14-8-11-17(12-9-14)23(20,21)19(16-6-4-3-5-7-16)18-13-10-15(2)22-18/h3-13,19H,1-2H3. The Morgan fingerprint density at radius 1 is 0.826 bits per heavy atom. The van der Waals surface area contributed by atoms with Crippen LogP contribution in [0.4, 0.5) is 0 Å². The molecule has 118 valence electrons. The number of thiophene rings is 1. The molecule has 1 atom stereocenters. The molecular formula is C19H18O2S2. The summed E-state index contributed by atoms with van der Waals surface area (Å²) in [4.78, 5) is 2.33. The fraction of sp³-hybridized carbons (Fsp3) is 0.158. The average Bonchev–Trinajstić information content (AvgIpc) is 2.94. The van der Waals surface area contributed by atoms with Crippen molar-refractivity contribution in [3.63, 3.8) is 0 Å². The van der Waals surface area contributed by atoms with Crippen LogP contribution in [0.25, 0.3) is 0 Å². The van der Waals surface area contributed by atoms with Gasteiger partial charge in [-0.15, -0.1) is 11.3 Å². The van der Waals surface area contributed by atoms with Crippen molar-refractivity contribution in [1.29, 1.82) is 0 Å². The van der Waals surface area contributed by atoms with Crippen LogP contribution in [-0.2, 0) is 9.84 Å². The molecule has 0 spiro atoms. The highest BCUT2D eigenvalue weighted by Crippen LogP contribution is 2.38. The Hall–Kier alpha value is -1.91. The first-order valence-electron chi connectivity index (χ1n) is 7.40. The lowest BCUT2D eigenvalue weighted by Gasteiger charge is -2.17. The molecule has 0 aliphatic rings. The van der Waals surface area contributed by atoms with Crippen LogP contribution in [-0.4, -0.2) is 8.42 Å². The smallest absolute Gasteiger partial charge is 0.190 e. The highest BCUT2D eigenvalue weighted by molar-refractivity contribution is 7.92. The van der Waals surface area contributed by atoms with Gasteiger partial charge in [-0.25, -0.2) is 8.42 Å². The van der Waals surface area contributed by atoms with Gasteiger partial charge in [-0.05, 0) is 43.7 Å². The van der Waals surface area contributed by atoms with Crippen molar-refractivity contribution in [2.45, 2.75) is 24.0 Å². The summed E-state index contributed by atoms with van der Waals surface area (Å²) >= 11 is 1.54. The largest absolute Gasteiger partial charge is 0.223 e. The summed E-state index contributed by atoms with van der Waals surface area (Å²) in [6, 6.07) is 20.4. The summed E-state index contributed by atoms with van der Waals surface area (Å²) in [5.41, 5.74) is 1.85. The molecule has 0 amide bonds. The molecule has 1 aromatic heterocycles. The van der Waals surface area contributed by atoms with Crippen molar-refractivity contribution in [2.75, 3.05) is 0 Å². The van der Waals surface area contributed by atoms with Crippen molar-refractivity contribution in [3.8, 4) is 0 Å². The van der Waals surface area contributed by atoms with Crippen LogP contribution in [0.1, 0.15) is 26.1 Å². The lowest BCUT2D eigenvalue weighted by Crippen LogP contribution is -2.14. The second-order valence-corrected chi connectivity index (χ2v) is 8.95. The Morgan fingerprint density at radius 3 is 2.04 bits per heavy atom. The van der Waals surface area contributed by atoms with Gasteiger partial charge in [-0.3, -0.25) is 0 Å². The molecular weight excluding hydrogens is 324 g/mol. The Labute approximate surface area is 141 Å². The summed E-state index contributed by atoms with van der Waals surface area (Å²) in [6.07, 6.45) is 0. The molecule has 0 N–H and O–H groups in total. The van der Waals surface area contributed by atoms with E-state index in [4.69, 9.17) is 0 Å². The van der Waals surface area contributed by atoms with Crippen LogP contribution in [0.5, 0.6) is 0 Å². The SMILES string of the molecule is Cc1ccc(S(=O)(=O)C(c2ccccc2)c2ccc(C)s2)cc1. The van der Waals surface area contributed by atoms with Crippen molar-refractivity contribution in [3.05, 3.63) is 87.6 Å². The molecule has 0 saturated carbocycles. The molecule has 3 aromatic rings. The van der Waals surface area contributed by atoms with E-state index in [2.05, 4.69) is 0 Å². The molecule has 2 nitrogen and oxygen atoms in total. The van der Waals surface area contributed by atoms with Crippen molar-refractivity contribution >= 4 is 21.2 Å². The summed E-state index contributed by atoms with van der Waals surface area (Å²) in [5.74, 6) is 0. The predicted molar refractivity (Wildman–Crippen MR) is 95.7 cm³/mol. The van der Waals surface area contributed by atoms with Crippen LogP contribution >= 0.6 is 11.3 Å². The summed E-state index contributed by atoms with van der Waals surface area (Å²) in [6.45, 7) is 3.95. The lowest BCUT2D eigenvalue weighted by atomic mass is 10.1. The average molecular weight is 342 g/mol. The summed E-state index contributed by atoms with van der Waals surface area (Å²) in [7, 11) is -3.50. The van der Waals surface area contributed by atoms with Gasteiger partial charge >= 0.3 is 0 Å². The molecule has 0 radical (unpaired) electrons. The molecule has 4 heteroatoms. The maximum atomic E-state index is 13.3. The molecule has 23 heavy (non-hydrogen) atoms. The van der Waals surface area contributed by atoms with Crippen molar-refractivity contribution in [1.82, 2.24) is 0 Å². The zero-order chi connectivity index (χ0) is 16.4. The van der Waals surface area contributed by atoms with E-state index in [1.807, 2.05) is 68.4 Å². The van der Waals surface area contributed by atoms with E-state index in [0.29, 0.717) is 4.90 Å². The highest BCUT2D eigenvalue weighted by atomic mass is 32.2. The highest BCUT2D eigenvalue weighted by Gasteiger charge is 2.31. The third-order valence-corrected chi connectivity index (χ3v) is 7.07. The number of sulfone groups is 1. The van der Waals surface area contributed by atoms with Crippen molar-refractivity contribution in [2.24, 2.45) is 0 Å². The molecule has 3 rings (SSSR count). The van der Waals surface area contributed by atoms with E-state index in [1.165, 1.54) is 11.3 Å². The fourth-order valence-corrected chi connectivity index (χ4v) is 5.68. The number of hydrogen-bond donors (Lipinski definition) is 0. The van der Waals surface area contributed by atoms with Gasteiger partial charge in [0.25, 0.3) is 0 Å². The molecule has 0 fully saturated rings. The van der Waals surface area contributed by atoms with E-state index >= 15 is 0 Å². The van der Waals surface area contributed by atoms with Crippen LogP contribution in [0, 0.1) is 13.8 Å². The number of hydrogen-bond acceptors (Lipinski definition) is 3. The normalized spacial score (nSPS) is 13.0. The van der Waals surface area contributed by atoms with Crippen LogP contribution in [0.3, 0.4) is 0 Å². The van der Waals surface area contributed by atoms with E-state index in [1.54, 1.807) is 12.1 Å². The van der Waals surface area contributed by atoms with Gasteiger partial charge in [0.1, 0.15) is 5.25 Å². The first-order valence-corrected chi connectivity index (χ1v) is 9.76. The maximum Gasteiger partial charge on any atom is 0.190 e. The second-order valence-electron chi connectivity index (χ2n) is 5.60. The number of aryl methyl sites for hydroxylation is 2. The molecule has 0 bridgehead atoms. The monoisotopic (exact) mass is 342 g/mol. The molecule has 1 heterocycles. The first-order chi connectivity index (χ1) is 11.0. The third-order valence-electron chi connectivity index (χ3n) is 3.78. The molecule has 0 saturated heterocycles. The maximum absolute atomic E-state index is 13.3. The van der Waals surface area contributed by atoms with E-state index < -0.39 is 15.1 Å². The van der Waals surface area contributed by atoms with Gasteiger partial charge in [0, 0.05) is 9.75 Å². The Morgan fingerprint density at radius 2 is 1.48 bits per heavy atom. The quantitative estimate of drug-likeness (QED) is 0.674. The van der Waals surface area contributed by atoms with E-state index in [-0.39, 0.29) is 0 Å². The van der Waals surface area contributed by atoms with Gasteiger partial charge in [0.2, 0.25) is 0 Å². The van der Waals surface area contributed by atoms with Gasteiger partial charge < -0.3 is 0 Å². The molecule has 0 aliphatic heterocycles. The van der Waals surface area contributed by atoms with Gasteiger partial charge in [-0.1, -0.05) is 48.0 Å². The van der Waals surface area contributed by atoms with E-state index in [9.17, 15) is 8.42 Å². The Bertz CT molecular complexity index is 892. The zero-order valence-corrected chi connectivity index (χ0v) is 14.7. The van der Waals surface area contributed by atoms with Crippen LogP contribution in [0.2, 0.25) is 0 Å². The Balaban J connectivity index is 2.17. The molecule has 0 aliphatic carbocycles. The molecule has 1 unspecified atom stereocenters. The minimum Gasteiger partial charge on any atom is -0.223 e. The van der Waals surface area contributed by atoms with Crippen molar-refractivity contribution < 1.29 is 8.42 Å². The van der Waals surface area contributed by atoms with Crippen LogP contribution in [0.15, 0.2) is 71.6 Å². The topological polar surface area (TPSA) is 34.1 Å². The summed E-state index contributed by atoms with van der Waals surface area (Å²) < 4.78 is 26.5. The second kappa shape index (κ2) is 6.30. The van der Waals surface area contributed by atoms with E-state index in [0.717, 1.165) is 20.9 Å². The minimum absolute atomic E-state index is 0.364. The third kappa shape index (κ3) is 3.23. The number of benzene rings is 2. The number of rotatable bonds is 4. The summed E-state index contributed by atoms with van der Waals surface area (Å²) in [5, 5.41) is -0.662. The van der Waals surface area contributed by atoms with Gasteiger partial charge in [0.15, 0.2) is 9.84 Å².